The molecule has 0 aliphatic carbocycles. The van der Waals surface area contributed by atoms with Gasteiger partial charge in [-0.2, -0.15) is 31.6 Å². The molecule has 0 spiro atoms. The summed E-state index contributed by atoms with van der Waals surface area (Å²) in [5.74, 6) is -0.804. The van der Waals surface area contributed by atoms with Crippen LogP contribution in [0.1, 0.15) is 11.1 Å². The molecule has 0 unspecified atom stereocenters. The number of carbonyl (C=O) groups excluding carboxylic acids is 1. The van der Waals surface area contributed by atoms with Crippen molar-refractivity contribution in [3.63, 3.8) is 0 Å². The molecule has 0 bridgehead atoms. The Morgan fingerprint density at radius 3 is 2.17 bits per heavy atom. The summed E-state index contributed by atoms with van der Waals surface area (Å²) < 4.78 is 82.5. The van der Waals surface area contributed by atoms with Gasteiger partial charge < -0.3 is 15.4 Å². The number of nitrogens with zero attached hydrogens (tertiary/aromatic N) is 2. The summed E-state index contributed by atoms with van der Waals surface area (Å²) in [6.45, 7) is 3.23. The lowest BCUT2D eigenvalue weighted by Gasteiger charge is -2.26. The van der Waals surface area contributed by atoms with E-state index in [1.165, 1.54) is 0 Å². The number of rotatable bonds is 6. The molecular weight excluding hydrogens is 418 g/mol. The lowest BCUT2D eigenvalue weighted by molar-refractivity contribution is -0.143. The first kappa shape index (κ1) is 23.5. The van der Waals surface area contributed by atoms with E-state index >= 15 is 0 Å². The van der Waals surface area contributed by atoms with Crippen molar-refractivity contribution in [2.75, 3.05) is 44.7 Å². The van der Waals surface area contributed by atoms with Crippen molar-refractivity contribution < 1.29 is 35.9 Å². The Kier molecular flexibility index (Phi) is 7.69. The number of hydrogen-bond acceptors (Lipinski definition) is 5. The molecule has 1 aromatic carbocycles. The number of ether oxygens (including phenoxy) is 1. The molecule has 0 radical (unpaired) electrons. The molecule has 0 saturated carbocycles. The topological polar surface area (TPSA) is 77.4 Å². The third-order valence-corrected chi connectivity index (χ3v) is 4.15. The van der Waals surface area contributed by atoms with Crippen molar-refractivity contribution in [2.45, 2.75) is 12.4 Å². The highest BCUT2D eigenvalue weighted by molar-refractivity contribution is 5.97. The van der Waals surface area contributed by atoms with Crippen molar-refractivity contribution >= 4 is 11.6 Å². The van der Waals surface area contributed by atoms with Crippen LogP contribution in [-0.4, -0.2) is 50.2 Å². The molecule has 1 aliphatic rings. The number of anilines is 1. The minimum Gasteiger partial charge on any atom is -0.379 e. The molecule has 1 aliphatic heterocycles. The summed E-state index contributed by atoms with van der Waals surface area (Å²) in [6, 6.07) is 2.45. The van der Waals surface area contributed by atoms with Crippen LogP contribution in [0.4, 0.5) is 32.0 Å². The van der Waals surface area contributed by atoms with Gasteiger partial charge in [-0.15, -0.1) is 0 Å². The quantitative estimate of drug-likeness (QED) is 0.407. The first-order valence-corrected chi connectivity index (χ1v) is 8.75. The van der Waals surface area contributed by atoms with Crippen LogP contribution >= 0.6 is 0 Å². The van der Waals surface area contributed by atoms with Crippen molar-refractivity contribution in [1.29, 1.82) is 5.26 Å². The van der Waals surface area contributed by atoms with Crippen LogP contribution in [0.2, 0.25) is 0 Å². The third-order valence-electron chi connectivity index (χ3n) is 4.15. The van der Waals surface area contributed by atoms with Gasteiger partial charge in [0.25, 0.3) is 5.91 Å². The number of alkyl halides is 6. The first-order valence-electron chi connectivity index (χ1n) is 8.75. The number of morpholine rings is 1. The summed E-state index contributed by atoms with van der Waals surface area (Å²) >= 11 is 0. The average molecular weight is 436 g/mol. The van der Waals surface area contributed by atoms with Gasteiger partial charge >= 0.3 is 12.4 Å². The van der Waals surface area contributed by atoms with Gasteiger partial charge in [0, 0.05) is 38.1 Å². The second-order valence-corrected chi connectivity index (χ2v) is 6.32. The summed E-state index contributed by atoms with van der Waals surface area (Å²) in [7, 11) is 0. The molecule has 30 heavy (non-hydrogen) atoms. The molecule has 1 fully saturated rings. The molecule has 1 amide bonds. The zero-order valence-electron chi connectivity index (χ0n) is 15.5. The van der Waals surface area contributed by atoms with E-state index in [0.717, 1.165) is 6.20 Å². The van der Waals surface area contributed by atoms with Gasteiger partial charge in [0.05, 0.1) is 24.3 Å². The number of amides is 1. The van der Waals surface area contributed by atoms with Crippen molar-refractivity contribution in [1.82, 2.24) is 10.2 Å². The Labute approximate surface area is 168 Å². The molecule has 164 valence electrons. The number of halogens is 6. The summed E-state index contributed by atoms with van der Waals surface area (Å²) in [5.41, 5.74) is -4.09. The van der Waals surface area contributed by atoms with Crippen LogP contribution in [0.3, 0.4) is 0 Å². The van der Waals surface area contributed by atoms with Crippen LogP contribution in [0, 0.1) is 11.3 Å². The van der Waals surface area contributed by atoms with E-state index in [1.54, 1.807) is 6.07 Å². The fourth-order valence-corrected chi connectivity index (χ4v) is 2.59. The molecule has 1 heterocycles. The molecule has 0 aromatic heterocycles. The molecule has 1 saturated heterocycles. The molecule has 0 atom stereocenters. The summed E-state index contributed by atoms with van der Waals surface area (Å²) in [4.78, 5) is 14.1. The summed E-state index contributed by atoms with van der Waals surface area (Å²) in [5, 5.41) is 13.7. The van der Waals surface area contributed by atoms with E-state index in [1.807, 2.05) is 4.90 Å². The van der Waals surface area contributed by atoms with Crippen LogP contribution in [0.5, 0.6) is 0 Å². The molecular formula is C18H18F6N4O2. The largest absolute Gasteiger partial charge is 0.416 e. The van der Waals surface area contributed by atoms with Crippen LogP contribution in [-0.2, 0) is 21.9 Å². The van der Waals surface area contributed by atoms with E-state index in [2.05, 4.69) is 10.6 Å². The fraction of sp³-hybridized carbons (Fsp3) is 0.444. The fourth-order valence-electron chi connectivity index (χ4n) is 2.59. The Hall–Kier alpha value is -2.78. The van der Waals surface area contributed by atoms with E-state index in [-0.39, 0.29) is 12.6 Å². The predicted molar refractivity (Wildman–Crippen MR) is 94.0 cm³/mol. The standard InChI is InChI=1S/C18H18F6N4O2/c19-17(20,21)13-7-14(18(22,23)24)9-15(8-13)27-11-12(10-25)16(29)26-1-2-28-3-5-30-6-4-28/h7-9,11,27H,1-6H2,(H,26,29)/b12-11-. The van der Waals surface area contributed by atoms with Gasteiger partial charge in [-0.25, -0.2) is 0 Å². The summed E-state index contributed by atoms with van der Waals surface area (Å²) in [6.07, 6.45) is -9.24. The third kappa shape index (κ3) is 6.93. The van der Waals surface area contributed by atoms with Gasteiger partial charge in [0.15, 0.2) is 0 Å². The van der Waals surface area contributed by atoms with E-state index in [4.69, 9.17) is 10.00 Å². The van der Waals surface area contributed by atoms with Gasteiger partial charge in [-0.05, 0) is 18.2 Å². The SMILES string of the molecule is N#C/C(=C/Nc1cc(C(F)(F)F)cc(C(F)(F)F)c1)C(=O)NCCN1CCOCC1. The molecule has 2 N–H and O–H groups in total. The highest BCUT2D eigenvalue weighted by atomic mass is 19.4. The van der Waals surface area contributed by atoms with Crippen molar-refractivity contribution in [2.24, 2.45) is 0 Å². The van der Waals surface area contributed by atoms with E-state index < -0.39 is 40.6 Å². The molecule has 12 heteroatoms. The maximum Gasteiger partial charge on any atom is 0.416 e. The minimum atomic E-state index is -5.00. The highest BCUT2D eigenvalue weighted by Gasteiger charge is 2.36. The lowest BCUT2D eigenvalue weighted by Crippen LogP contribution is -2.41. The molecule has 1 aromatic rings. The van der Waals surface area contributed by atoms with E-state index in [0.29, 0.717) is 45.0 Å². The number of benzene rings is 1. The monoisotopic (exact) mass is 436 g/mol. The zero-order valence-corrected chi connectivity index (χ0v) is 15.5. The minimum absolute atomic E-state index is 0.0154. The normalized spacial score (nSPS) is 16.1. The second-order valence-electron chi connectivity index (χ2n) is 6.32. The number of nitrogens with one attached hydrogen (secondary N) is 2. The van der Waals surface area contributed by atoms with Crippen LogP contribution in [0.25, 0.3) is 0 Å². The Balaban J connectivity index is 2.07. The number of nitriles is 1. The van der Waals surface area contributed by atoms with Gasteiger partial charge in [0.2, 0.25) is 0 Å². The Morgan fingerprint density at radius 1 is 1.10 bits per heavy atom. The molecule has 2 rings (SSSR count). The second kappa shape index (κ2) is 9.82. The number of carbonyl (C=O) groups is 1. The molecule has 6 nitrogen and oxygen atoms in total. The first-order chi connectivity index (χ1) is 14.0. The van der Waals surface area contributed by atoms with Crippen LogP contribution in [0.15, 0.2) is 30.0 Å². The average Bonchev–Trinajstić information content (AvgIpc) is 2.67. The smallest absolute Gasteiger partial charge is 0.379 e. The van der Waals surface area contributed by atoms with Gasteiger partial charge in [-0.1, -0.05) is 0 Å². The zero-order chi connectivity index (χ0) is 22.4. The Morgan fingerprint density at radius 2 is 1.67 bits per heavy atom. The van der Waals surface area contributed by atoms with Crippen molar-refractivity contribution in [3.05, 3.63) is 41.1 Å². The van der Waals surface area contributed by atoms with Gasteiger partial charge in [-0.3, -0.25) is 9.69 Å². The Bertz CT molecular complexity index is 791. The maximum absolute atomic E-state index is 12.9. The predicted octanol–water partition coefficient (Wildman–Crippen LogP) is 2.99. The highest BCUT2D eigenvalue weighted by Crippen LogP contribution is 2.37. The maximum atomic E-state index is 12.9. The van der Waals surface area contributed by atoms with Crippen molar-refractivity contribution in [3.8, 4) is 6.07 Å². The lowest BCUT2D eigenvalue weighted by atomic mass is 10.1. The van der Waals surface area contributed by atoms with E-state index in [9.17, 15) is 31.1 Å². The number of hydrogen-bond donors (Lipinski definition) is 2. The van der Waals surface area contributed by atoms with Gasteiger partial charge in [0.1, 0.15) is 11.6 Å². The van der Waals surface area contributed by atoms with Crippen LogP contribution < -0.4 is 10.6 Å².